The largest absolute Gasteiger partial charge is 0.369 e. The van der Waals surface area contributed by atoms with E-state index < -0.39 is 0 Å². The highest BCUT2D eigenvalue weighted by Crippen LogP contribution is 2.31. The zero-order chi connectivity index (χ0) is 15.8. The lowest BCUT2D eigenvalue weighted by molar-refractivity contribution is 1.20. The van der Waals surface area contributed by atoms with Gasteiger partial charge in [-0.05, 0) is 31.2 Å². The van der Waals surface area contributed by atoms with E-state index in [0.717, 1.165) is 39.2 Å². The molecule has 0 aliphatic rings. The lowest BCUT2D eigenvalue weighted by Crippen LogP contribution is -1.88. The molecule has 3 heterocycles. The summed E-state index contributed by atoms with van der Waals surface area (Å²) in [5.41, 5.74) is 12.1. The fraction of sp³-hybridized carbons (Fsp3) is 0.0588. The van der Waals surface area contributed by atoms with E-state index in [-0.39, 0.29) is 0 Å². The third-order valence-corrected chi connectivity index (χ3v) is 3.65. The maximum atomic E-state index is 5.89. The first-order valence-electron chi connectivity index (χ1n) is 7.20. The molecule has 1 aromatic carbocycles. The number of aryl methyl sites for hydroxylation is 1. The number of benzene rings is 1. The number of nitrogen functional groups attached to an aromatic ring is 1. The van der Waals surface area contributed by atoms with E-state index in [1.165, 1.54) is 0 Å². The number of aromatic nitrogens is 5. The predicted molar refractivity (Wildman–Crippen MR) is 89.5 cm³/mol. The molecular weight excluding hydrogens is 288 g/mol. The van der Waals surface area contributed by atoms with E-state index in [1.54, 1.807) is 18.6 Å². The van der Waals surface area contributed by atoms with Crippen LogP contribution in [-0.4, -0.2) is 24.9 Å². The van der Waals surface area contributed by atoms with Gasteiger partial charge < -0.3 is 10.7 Å². The minimum Gasteiger partial charge on any atom is -0.369 e. The summed E-state index contributed by atoms with van der Waals surface area (Å²) in [6.45, 7) is 1.95. The number of rotatable bonds is 2. The maximum absolute atomic E-state index is 5.89. The van der Waals surface area contributed by atoms with Gasteiger partial charge in [-0.25, -0.2) is 4.98 Å². The first-order valence-corrected chi connectivity index (χ1v) is 7.20. The van der Waals surface area contributed by atoms with Gasteiger partial charge in [-0.15, -0.1) is 0 Å². The van der Waals surface area contributed by atoms with Crippen LogP contribution in [0.25, 0.3) is 33.5 Å². The molecular formula is C17H14N6. The van der Waals surface area contributed by atoms with Gasteiger partial charge in [-0.1, -0.05) is 6.07 Å². The van der Waals surface area contributed by atoms with Crippen molar-refractivity contribution in [1.29, 1.82) is 0 Å². The molecule has 0 spiro atoms. The number of nitrogens with one attached hydrogen (secondary N) is 1. The van der Waals surface area contributed by atoms with E-state index >= 15 is 0 Å². The normalized spacial score (nSPS) is 11.0. The average Bonchev–Trinajstić information content (AvgIpc) is 2.96. The average molecular weight is 302 g/mol. The van der Waals surface area contributed by atoms with Crippen molar-refractivity contribution in [3.8, 4) is 22.5 Å². The van der Waals surface area contributed by atoms with Crippen LogP contribution in [-0.2, 0) is 0 Å². The summed E-state index contributed by atoms with van der Waals surface area (Å²) in [5, 5.41) is 0. The maximum Gasteiger partial charge on any atom is 0.198 e. The molecule has 112 valence electrons. The second-order valence-corrected chi connectivity index (χ2v) is 5.29. The summed E-state index contributed by atoms with van der Waals surface area (Å²) in [5.74, 6) is 0.378. The number of aromatic amines is 1. The zero-order valence-electron chi connectivity index (χ0n) is 12.5. The molecule has 3 N–H and O–H groups in total. The van der Waals surface area contributed by atoms with Crippen LogP contribution in [0.15, 0.2) is 48.9 Å². The number of nitrogens with zero attached hydrogens (tertiary/aromatic N) is 4. The van der Waals surface area contributed by atoms with E-state index in [0.29, 0.717) is 5.95 Å². The van der Waals surface area contributed by atoms with Crippen molar-refractivity contribution in [2.45, 2.75) is 6.92 Å². The molecule has 4 aromatic rings. The zero-order valence-corrected chi connectivity index (χ0v) is 12.5. The molecule has 0 atom stereocenters. The van der Waals surface area contributed by atoms with Gasteiger partial charge >= 0.3 is 0 Å². The summed E-state index contributed by atoms with van der Waals surface area (Å²) in [6, 6.07) is 9.81. The molecule has 0 unspecified atom stereocenters. The molecule has 0 radical (unpaired) electrons. The third kappa shape index (κ3) is 2.40. The van der Waals surface area contributed by atoms with Gasteiger partial charge in [0.1, 0.15) is 0 Å². The van der Waals surface area contributed by atoms with Gasteiger partial charge in [0.25, 0.3) is 0 Å². The van der Waals surface area contributed by atoms with Crippen molar-refractivity contribution in [2.75, 3.05) is 5.73 Å². The van der Waals surface area contributed by atoms with Crippen LogP contribution >= 0.6 is 0 Å². The number of anilines is 1. The number of imidazole rings is 1. The first-order chi connectivity index (χ1) is 11.2. The molecule has 3 aromatic heterocycles. The second kappa shape index (κ2) is 5.17. The molecule has 6 heteroatoms. The van der Waals surface area contributed by atoms with Crippen LogP contribution in [0, 0.1) is 6.92 Å². The highest BCUT2D eigenvalue weighted by molar-refractivity contribution is 5.85. The Morgan fingerprint density at radius 3 is 2.52 bits per heavy atom. The molecule has 23 heavy (non-hydrogen) atoms. The van der Waals surface area contributed by atoms with Crippen LogP contribution in [0.3, 0.4) is 0 Å². The van der Waals surface area contributed by atoms with Crippen molar-refractivity contribution in [2.24, 2.45) is 0 Å². The Kier molecular flexibility index (Phi) is 3.01. The summed E-state index contributed by atoms with van der Waals surface area (Å²) >= 11 is 0. The van der Waals surface area contributed by atoms with Crippen molar-refractivity contribution < 1.29 is 0 Å². The smallest absolute Gasteiger partial charge is 0.198 e. The van der Waals surface area contributed by atoms with E-state index in [1.807, 2.05) is 37.3 Å². The number of H-pyrrole nitrogens is 1. The highest BCUT2D eigenvalue weighted by atomic mass is 15.0. The number of nitrogens with two attached hydrogens (primary N) is 1. The van der Waals surface area contributed by atoms with Crippen molar-refractivity contribution in [3.05, 3.63) is 54.6 Å². The van der Waals surface area contributed by atoms with E-state index in [4.69, 9.17) is 5.73 Å². The Bertz CT molecular complexity index is 1000. The predicted octanol–water partition coefficient (Wildman–Crippen LogP) is 2.97. The summed E-state index contributed by atoms with van der Waals surface area (Å²) in [6.07, 6.45) is 5.13. The monoisotopic (exact) mass is 302 g/mol. The first kappa shape index (κ1) is 13.4. The van der Waals surface area contributed by atoms with Gasteiger partial charge in [0.15, 0.2) is 5.95 Å². The Morgan fingerprint density at radius 2 is 1.70 bits per heavy atom. The van der Waals surface area contributed by atoms with Gasteiger partial charge in [-0.3, -0.25) is 15.0 Å². The SMILES string of the molecule is Cc1cc(-c2[nH]c(N)nc2-c2ccc3nccnc3c2)ccn1. The summed E-state index contributed by atoms with van der Waals surface area (Å²) in [4.78, 5) is 20.5. The minimum absolute atomic E-state index is 0.378. The quantitative estimate of drug-likeness (QED) is 0.593. The fourth-order valence-corrected chi connectivity index (χ4v) is 2.62. The number of fused-ring (bicyclic) bond motifs is 1. The van der Waals surface area contributed by atoms with Gasteiger partial charge in [-0.2, -0.15) is 0 Å². The van der Waals surface area contributed by atoms with Crippen LogP contribution in [0.4, 0.5) is 5.95 Å². The van der Waals surface area contributed by atoms with Crippen LogP contribution in [0.1, 0.15) is 5.69 Å². The topological polar surface area (TPSA) is 93.4 Å². The Hall–Kier alpha value is -3.28. The second-order valence-electron chi connectivity index (χ2n) is 5.29. The molecule has 0 fully saturated rings. The molecule has 0 amide bonds. The Labute approximate surface area is 132 Å². The van der Waals surface area contributed by atoms with Crippen LogP contribution in [0.2, 0.25) is 0 Å². The molecule has 6 nitrogen and oxygen atoms in total. The van der Waals surface area contributed by atoms with Gasteiger partial charge in [0, 0.05) is 35.4 Å². The molecule has 0 bridgehead atoms. The Morgan fingerprint density at radius 1 is 0.870 bits per heavy atom. The Balaban J connectivity index is 1.91. The lowest BCUT2D eigenvalue weighted by atomic mass is 10.0. The van der Waals surface area contributed by atoms with E-state index in [2.05, 4.69) is 24.9 Å². The number of hydrogen-bond acceptors (Lipinski definition) is 5. The van der Waals surface area contributed by atoms with Crippen molar-refractivity contribution in [1.82, 2.24) is 24.9 Å². The lowest BCUT2D eigenvalue weighted by Gasteiger charge is -2.05. The van der Waals surface area contributed by atoms with Gasteiger partial charge in [0.2, 0.25) is 0 Å². The van der Waals surface area contributed by atoms with Gasteiger partial charge in [0.05, 0.1) is 22.4 Å². The van der Waals surface area contributed by atoms with Crippen LogP contribution < -0.4 is 5.73 Å². The molecule has 0 saturated heterocycles. The molecule has 4 rings (SSSR count). The standard InChI is InChI=1S/C17H14N6/c1-10-8-12(4-5-19-10)16-15(22-17(18)23-16)11-2-3-13-14(9-11)21-7-6-20-13/h2-9H,1H3,(H3,18,22,23). The highest BCUT2D eigenvalue weighted by Gasteiger charge is 2.14. The summed E-state index contributed by atoms with van der Waals surface area (Å²) in [7, 11) is 0. The van der Waals surface area contributed by atoms with Crippen molar-refractivity contribution >= 4 is 17.0 Å². The van der Waals surface area contributed by atoms with Crippen LogP contribution in [0.5, 0.6) is 0 Å². The summed E-state index contributed by atoms with van der Waals surface area (Å²) < 4.78 is 0. The number of pyridine rings is 1. The van der Waals surface area contributed by atoms with E-state index in [9.17, 15) is 0 Å². The molecule has 0 aliphatic heterocycles. The minimum atomic E-state index is 0.378. The fourth-order valence-electron chi connectivity index (χ4n) is 2.62. The molecule has 0 aliphatic carbocycles. The van der Waals surface area contributed by atoms with Crippen molar-refractivity contribution in [3.63, 3.8) is 0 Å². The number of hydrogen-bond donors (Lipinski definition) is 2. The molecule has 0 saturated carbocycles. The third-order valence-electron chi connectivity index (χ3n) is 3.65.